The van der Waals surface area contributed by atoms with Crippen molar-refractivity contribution in [3.63, 3.8) is 0 Å². The maximum Gasteiger partial charge on any atom is 0.331 e. The lowest BCUT2D eigenvalue weighted by Crippen LogP contribution is -2.41. The molecule has 1 heterocycles. The topological polar surface area (TPSA) is 102 Å². The van der Waals surface area contributed by atoms with E-state index in [9.17, 15) is 14.4 Å². The highest BCUT2D eigenvalue weighted by Crippen LogP contribution is 2.11. The Kier molecular flexibility index (Phi) is 5.11. The zero-order valence-corrected chi connectivity index (χ0v) is 14.0. The molecule has 0 saturated heterocycles. The minimum absolute atomic E-state index is 0.0769. The van der Waals surface area contributed by atoms with E-state index < -0.39 is 17.9 Å². The molecule has 7 heteroatoms. The summed E-state index contributed by atoms with van der Waals surface area (Å²) in [5, 5.41) is 18.5. The molecule has 0 aliphatic heterocycles. The van der Waals surface area contributed by atoms with Crippen LogP contribution in [0.25, 0.3) is 10.9 Å². The van der Waals surface area contributed by atoms with E-state index in [-0.39, 0.29) is 25.5 Å². The second-order valence-electron chi connectivity index (χ2n) is 5.84. The first-order valence-corrected chi connectivity index (χ1v) is 8.13. The smallest absolute Gasteiger partial charge is 0.331 e. The summed E-state index contributed by atoms with van der Waals surface area (Å²) in [6, 6.07) is 13.4. The van der Waals surface area contributed by atoms with Crippen LogP contribution >= 0.6 is 0 Å². The van der Waals surface area contributed by atoms with Crippen LogP contribution in [0.4, 0.5) is 0 Å². The molecule has 3 rings (SSSR count). The number of aliphatic hydroxyl groups excluding tert-OH is 2. The molecule has 0 unspecified atom stereocenters. The standard InChI is InChI=1S/C19H18N2O5/c22-10-9-20-18(25)15-3-1-2-4-16(15)21(19(20)26)11-13-5-7-14(8-6-13)17(24)12-23/h1-8,22-23H,9-12H2. The number of aromatic nitrogens is 2. The predicted molar refractivity (Wildman–Crippen MR) is 96.5 cm³/mol. The third kappa shape index (κ3) is 3.22. The summed E-state index contributed by atoms with van der Waals surface area (Å²) >= 11 is 0. The summed E-state index contributed by atoms with van der Waals surface area (Å²) in [6.07, 6.45) is 0. The number of hydrogen-bond donors (Lipinski definition) is 2. The van der Waals surface area contributed by atoms with Crippen LogP contribution in [0.1, 0.15) is 15.9 Å². The Morgan fingerprint density at radius 1 is 0.923 bits per heavy atom. The largest absolute Gasteiger partial charge is 0.395 e. The van der Waals surface area contributed by atoms with Crippen molar-refractivity contribution >= 4 is 16.7 Å². The van der Waals surface area contributed by atoms with Crippen LogP contribution in [0.15, 0.2) is 58.1 Å². The van der Waals surface area contributed by atoms with Crippen molar-refractivity contribution in [2.75, 3.05) is 13.2 Å². The third-order valence-electron chi connectivity index (χ3n) is 4.22. The van der Waals surface area contributed by atoms with Gasteiger partial charge in [-0.25, -0.2) is 4.79 Å². The molecule has 26 heavy (non-hydrogen) atoms. The number of ketones is 1. The molecule has 7 nitrogen and oxygen atoms in total. The van der Waals surface area contributed by atoms with E-state index in [2.05, 4.69) is 0 Å². The second kappa shape index (κ2) is 7.47. The average molecular weight is 354 g/mol. The van der Waals surface area contributed by atoms with Crippen LogP contribution in [0.5, 0.6) is 0 Å². The van der Waals surface area contributed by atoms with Gasteiger partial charge in [0.1, 0.15) is 6.61 Å². The van der Waals surface area contributed by atoms with Crippen LogP contribution in [-0.2, 0) is 13.1 Å². The molecule has 2 aromatic carbocycles. The molecule has 1 aromatic heterocycles. The van der Waals surface area contributed by atoms with Gasteiger partial charge < -0.3 is 10.2 Å². The monoisotopic (exact) mass is 354 g/mol. The van der Waals surface area contributed by atoms with E-state index in [0.29, 0.717) is 16.5 Å². The third-order valence-corrected chi connectivity index (χ3v) is 4.22. The zero-order valence-electron chi connectivity index (χ0n) is 14.0. The Bertz CT molecular complexity index is 1060. The van der Waals surface area contributed by atoms with Crippen molar-refractivity contribution < 1.29 is 15.0 Å². The molecule has 3 aromatic rings. The molecule has 0 saturated carbocycles. The number of aliphatic hydroxyl groups is 2. The Morgan fingerprint density at radius 3 is 2.27 bits per heavy atom. The number of Topliss-reactive ketones (excluding diaryl/α,β-unsaturated/α-hetero) is 1. The van der Waals surface area contributed by atoms with Gasteiger partial charge in [0.25, 0.3) is 5.56 Å². The van der Waals surface area contributed by atoms with Crippen LogP contribution in [0, 0.1) is 0 Å². The number of rotatable bonds is 6. The SMILES string of the molecule is O=C(CO)c1ccc(Cn2c(=O)n(CCO)c(=O)c3ccccc32)cc1. The van der Waals surface area contributed by atoms with E-state index in [1.54, 1.807) is 48.5 Å². The maximum atomic E-state index is 12.7. The van der Waals surface area contributed by atoms with Gasteiger partial charge in [-0.2, -0.15) is 0 Å². The molecule has 134 valence electrons. The first-order chi connectivity index (χ1) is 12.6. The van der Waals surface area contributed by atoms with Gasteiger partial charge in [-0.05, 0) is 17.7 Å². The highest BCUT2D eigenvalue weighted by Gasteiger charge is 2.13. The van der Waals surface area contributed by atoms with Gasteiger partial charge in [0.2, 0.25) is 0 Å². The number of benzene rings is 2. The molecular formula is C19H18N2O5. The van der Waals surface area contributed by atoms with Crippen LogP contribution in [0.2, 0.25) is 0 Å². The lowest BCUT2D eigenvalue weighted by atomic mass is 10.1. The zero-order chi connectivity index (χ0) is 18.7. The first-order valence-electron chi connectivity index (χ1n) is 8.13. The molecular weight excluding hydrogens is 336 g/mol. The normalized spacial score (nSPS) is 11.0. The van der Waals surface area contributed by atoms with Crippen molar-refractivity contribution in [2.45, 2.75) is 13.1 Å². The van der Waals surface area contributed by atoms with Crippen molar-refractivity contribution in [3.05, 3.63) is 80.5 Å². The van der Waals surface area contributed by atoms with Gasteiger partial charge in [0.15, 0.2) is 5.78 Å². The molecule has 0 atom stereocenters. The minimum Gasteiger partial charge on any atom is -0.395 e. The van der Waals surface area contributed by atoms with E-state index in [0.717, 1.165) is 10.1 Å². The molecule has 0 aliphatic carbocycles. The van der Waals surface area contributed by atoms with Crippen molar-refractivity contribution in [3.8, 4) is 0 Å². The van der Waals surface area contributed by atoms with Crippen LogP contribution < -0.4 is 11.2 Å². The number of fused-ring (bicyclic) bond motifs is 1. The van der Waals surface area contributed by atoms with Gasteiger partial charge >= 0.3 is 5.69 Å². The highest BCUT2D eigenvalue weighted by molar-refractivity contribution is 5.96. The highest BCUT2D eigenvalue weighted by atomic mass is 16.3. The number of hydrogen-bond acceptors (Lipinski definition) is 5. The van der Waals surface area contributed by atoms with Gasteiger partial charge in [-0.3, -0.25) is 18.7 Å². The fourth-order valence-corrected chi connectivity index (χ4v) is 2.89. The predicted octanol–water partition coefficient (Wildman–Crippen LogP) is 0.379. The quantitative estimate of drug-likeness (QED) is 0.623. The van der Waals surface area contributed by atoms with Crippen LogP contribution in [0.3, 0.4) is 0 Å². The fourth-order valence-electron chi connectivity index (χ4n) is 2.89. The summed E-state index contributed by atoms with van der Waals surface area (Å²) in [5.41, 5.74) is 0.727. The van der Waals surface area contributed by atoms with E-state index >= 15 is 0 Å². The van der Waals surface area contributed by atoms with Crippen molar-refractivity contribution in [1.82, 2.24) is 9.13 Å². The molecule has 0 bridgehead atoms. The van der Waals surface area contributed by atoms with Crippen molar-refractivity contribution in [2.24, 2.45) is 0 Å². The summed E-state index contributed by atoms with van der Waals surface area (Å²) in [7, 11) is 0. The molecule has 0 radical (unpaired) electrons. The van der Waals surface area contributed by atoms with Gasteiger partial charge in [-0.15, -0.1) is 0 Å². The lowest BCUT2D eigenvalue weighted by Gasteiger charge is -2.14. The second-order valence-corrected chi connectivity index (χ2v) is 5.84. The Hall–Kier alpha value is -3.03. The van der Waals surface area contributed by atoms with Gasteiger partial charge in [-0.1, -0.05) is 36.4 Å². The van der Waals surface area contributed by atoms with E-state index in [1.807, 2.05) is 0 Å². The molecule has 0 amide bonds. The maximum absolute atomic E-state index is 12.7. The first kappa shape index (κ1) is 17.8. The molecule has 0 fully saturated rings. The number of para-hydroxylation sites is 1. The van der Waals surface area contributed by atoms with Gasteiger partial charge in [0.05, 0.1) is 30.6 Å². The number of carbonyl (C=O) groups is 1. The van der Waals surface area contributed by atoms with Crippen molar-refractivity contribution in [1.29, 1.82) is 0 Å². The molecule has 0 aliphatic rings. The lowest BCUT2D eigenvalue weighted by molar-refractivity contribution is 0.0903. The Labute approximate surface area is 148 Å². The molecule has 0 spiro atoms. The summed E-state index contributed by atoms with van der Waals surface area (Å²) in [4.78, 5) is 36.7. The Balaban J connectivity index is 2.11. The summed E-state index contributed by atoms with van der Waals surface area (Å²) in [5.74, 6) is -0.379. The fraction of sp³-hybridized carbons (Fsp3) is 0.211. The number of nitrogens with zero attached hydrogens (tertiary/aromatic N) is 2. The Morgan fingerprint density at radius 2 is 1.62 bits per heavy atom. The van der Waals surface area contributed by atoms with E-state index in [4.69, 9.17) is 10.2 Å². The van der Waals surface area contributed by atoms with Gasteiger partial charge in [0, 0.05) is 5.56 Å². The van der Waals surface area contributed by atoms with Crippen LogP contribution in [-0.4, -0.2) is 38.3 Å². The van der Waals surface area contributed by atoms with E-state index in [1.165, 1.54) is 4.57 Å². The molecule has 2 N–H and O–H groups in total. The summed E-state index contributed by atoms with van der Waals surface area (Å²) in [6.45, 7) is -0.744. The minimum atomic E-state index is -0.560. The number of carbonyl (C=O) groups excluding carboxylic acids is 1. The summed E-state index contributed by atoms with van der Waals surface area (Å²) < 4.78 is 2.49. The average Bonchev–Trinajstić information content (AvgIpc) is 2.68.